The van der Waals surface area contributed by atoms with Gasteiger partial charge in [-0.1, -0.05) is 0 Å². The summed E-state index contributed by atoms with van der Waals surface area (Å²) in [6.45, 7) is 2.96. The first-order valence-electron chi connectivity index (χ1n) is 8.85. The fourth-order valence-corrected chi connectivity index (χ4v) is 3.51. The van der Waals surface area contributed by atoms with Crippen molar-refractivity contribution in [2.24, 2.45) is 7.05 Å². The van der Waals surface area contributed by atoms with Crippen molar-refractivity contribution >= 4 is 5.91 Å². The lowest BCUT2D eigenvalue weighted by Gasteiger charge is -2.29. The number of nitrogens with zero attached hydrogens (tertiary/aromatic N) is 3. The van der Waals surface area contributed by atoms with Gasteiger partial charge in [0.25, 0.3) is 11.5 Å². The monoisotopic (exact) mass is 365 g/mol. The van der Waals surface area contributed by atoms with Gasteiger partial charge in [0, 0.05) is 50.0 Å². The van der Waals surface area contributed by atoms with E-state index in [0.29, 0.717) is 30.8 Å². The first-order valence-corrected chi connectivity index (χ1v) is 8.85. The summed E-state index contributed by atoms with van der Waals surface area (Å²) >= 11 is 0. The molecular weight excluding hydrogens is 345 g/mol. The molecule has 3 heterocycles. The zero-order chi connectivity index (χ0) is 19.1. The quantitative estimate of drug-likeness (QED) is 0.701. The van der Waals surface area contributed by atoms with Crippen molar-refractivity contribution in [1.82, 2.24) is 14.0 Å². The maximum absolute atomic E-state index is 13.2. The molecular formula is C21H20FN3O2. The van der Waals surface area contributed by atoms with E-state index in [1.807, 2.05) is 35.7 Å². The van der Waals surface area contributed by atoms with Crippen molar-refractivity contribution in [3.05, 3.63) is 87.3 Å². The van der Waals surface area contributed by atoms with Crippen LogP contribution >= 0.6 is 0 Å². The predicted molar refractivity (Wildman–Crippen MR) is 101 cm³/mol. The molecule has 1 aliphatic rings. The fraction of sp³-hybridized carbons (Fsp3) is 0.238. The number of fused-ring (bicyclic) bond motifs is 1. The molecule has 0 unspecified atom stereocenters. The minimum absolute atomic E-state index is 0.00159. The van der Waals surface area contributed by atoms with E-state index in [1.54, 1.807) is 24.4 Å². The summed E-state index contributed by atoms with van der Waals surface area (Å²) in [5.74, 6) is -0.349. The van der Waals surface area contributed by atoms with E-state index < -0.39 is 0 Å². The summed E-state index contributed by atoms with van der Waals surface area (Å²) in [5.41, 5.74) is 3.99. The van der Waals surface area contributed by atoms with Crippen molar-refractivity contribution in [3.8, 4) is 5.69 Å². The average Bonchev–Trinajstić information content (AvgIpc) is 3.00. The summed E-state index contributed by atoms with van der Waals surface area (Å²) in [6, 6.07) is 9.26. The van der Waals surface area contributed by atoms with Crippen LogP contribution in [0.4, 0.5) is 4.39 Å². The zero-order valence-corrected chi connectivity index (χ0v) is 15.3. The Balaban J connectivity index is 1.66. The lowest BCUT2D eigenvalue weighted by atomic mass is 10.0. The molecule has 1 aromatic carbocycles. The van der Waals surface area contributed by atoms with Gasteiger partial charge in [-0.3, -0.25) is 14.2 Å². The number of amides is 1. The van der Waals surface area contributed by atoms with Crippen LogP contribution in [-0.4, -0.2) is 26.5 Å². The Labute approximate surface area is 156 Å². The van der Waals surface area contributed by atoms with Crippen LogP contribution in [0.25, 0.3) is 5.69 Å². The van der Waals surface area contributed by atoms with Crippen molar-refractivity contribution in [3.63, 3.8) is 0 Å². The summed E-state index contributed by atoms with van der Waals surface area (Å²) in [5, 5.41) is 0. The Morgan fingerprint density at radius 1 is 1.11 bits per heavy atom. The number of carbonyl (C=O) groups excluding carboxylic acids is 1. The second kappa shape index (κ2) is 6.54. The van der Waals surface area contributed by atoms with E-state index in [9.17, 15) is 14.0 Å². The average molecular weight is 365 g/mol. The molecule has 0 aliphatic carbocycles. The minimum atomic E-state index is -0.347. The van der Waals surface area contributed by atoms with Crippen LogP contribution in [0.2, 0.25) is 0 Å². The van der Waals surface area contributed by atoms with Crippen LogP contribution in [0.3, 0.4) is 0 Å². The number of pyridine rings is 1. The molecule has 0 spiro atoms. The molecule has 0 N–H and O–H groups in total. The summed E-state index contributed by atoms with van der Waals surface area (Å²) in [6.07, 6.45) is 4.29. The van der Waals surface area contributed by atoms with Gasteiger partial charge in [-0.25, -0.2) is 4.39 Å². The predicted octanol–water partition coefficient (Wildman–Crippen LogP) is 2.82. The molecule has 0 atom stereocenters. The van der Waals surface area contributed by atoms with Crippen molar-refractivity contribution in [2.45, 2.75) is 19.9 Å². The van der Waals surface area contributed by atoms with Crippen LogP contribution in [0.15, 0.2) is 53.6 Å². The van der Waals surface area contributed by atoms with Gasteiger partial charge in [0.2, 0.25) is 0 Å². The molecule has 0 fully saturated rings. The lowest BCUT2D eigenvalue weighted by Crippen LogP contribution is -2.37. The van der Waals surface area contributed by atoms with Gasteiger partial charge in [0.05, 0.1) is 5.56 Å². The first-order chi connectivity index (χ1) is 12.9. The van der Waals surface area contributed by atoms with E-state index in [4.69, 9.17) is 0 Å². The molecule has 0 saturated heterocycles. The van der Waals surface area contributed by atoms with Gasteiger partial charge in [-0.05, 0) is 54.8 Å². The van der Waals surface area contributed by atoms with Crippen LogP contribution < -0.4 is 5.56 Å². The Morgan fingerprint density at radius 3 is 2.52 bits per heavy atom. The molecule has 0 bridgehead atoms. The number of aryl methyl sites for hydroxylation is 1. The molecule has 5 nitrogen and oxygen atoms in total. The first kappa shape index (κ1) is 17.3. The number of halogens is 1. The SMILES string of the molecule is Cc1c(C(=O)N2CCc3cc(=O)n(-c4ccc(F)cc4)cc3C2)ccn1C. The molecule has 1 aliphatic heterocycles. The topological polar surface area (TPSA) is 47.2 Å². The van der Waals surface area contributed by atoms with E-state index in [2.05, 4.69) is 0 Å². The van der Waals surface area contributed by atoms with Gasteiger partial charge in [0.1, 0.15) is 5.82 Å². The van der Waals surface area contributed by atoms with Crippen molar-refractivity contribution in [1.29, 1.82) is 0 Å². The Kier molecular flexibility index (Phi) is 4.18. The van der Waals surface area contributed by atoms with Crippen molar-refractivity contribution < 1.29 is 9.18 Å². The second-order valence-corrected chi connectivity index (χ2v) is 6.91. The van der Waals surface area contributed by atoms with E-state index in [0.717, 1.165) is 16.8 Å². The molecule has 138 valence electrons. The maximum Gasteiger partial charge on any atom is 0.255 e. The third kappa shape index (κ3) is 3.07. The van der Waals surface area contributed by atoms with Gasteiger partial charge in [0.15, 0.2) is 0 Å². The largest absolute Gasteiger partial charge is 0.354 e. The summed E-state index contributed by atoms with van der Waals surface area (Å²) < 4.78 is 16.6. The van der Waals surface area contributed by atoms with Crippen LogP contribution in [0, 0.1) is 12.7 Å². The lowest BCUT2D eigenvalue weighted by molar-refractivity contribution is 0.0733. The van der Waals surface area contributed by atoms with Crippen LogP contribution in [-0.2, 0) is 20.0 Å². The zero-order valence-electron chi connectivity index (χ0n) is 15.3. The summed E-state index contributed by atoms with van der Waals surface area (Å²) in [7, 11) is 1.92. The second-order valence-electron chi connectivity index (χ2n) is 6.91. The number of carbonyl (C=O) groups is 1. The standard InChI is InChI=1S/C21H20FN3O2/c1-14-19(8-9-23(14)2)21(27)24-10-7-15-11-20(26)25(13-16(15)12-24)18-5-3-17(22)4-6-18/h3-6,8-9,11,13H,7,10,12H2,1-2H3. The number of hydrogen-bond acceptors (Lipinski definition) is 2. The highest BCUT2D eigenvalue weighted by Gasteiger charge is 2.24. The number of aromatic nitrogens is 2. The molecule has 0 radical (unpaired) electrons. The van der Waals surface area contributed by atoms with Crippen LogP contribution in [0.5, 0.6) is 0 Å². The maximum atomic E-state index is 13.2. The fourth-order valence-electron chi connectivity index (χ4n) is 3.51. The number of benzene rings is 1. The molecule has 3 aromatic rings. The Morgan fingerprint density at radius 2 is 1.85 bits per heavy atom. The smallest absolute Gasteiger partial charge is 0.255 e. The van der Waals surface area contributed by atoms with Gasteiger partial charge in [-0.15, -0.1) is 0 Å². The van der Waals surface area contributed by atoms with Gasteiger partial charge in [-0.2, -0.15) is 0 Å². The van der Waals surface area contributed by atoms with Gasteiger partial charge < -0.3 is 9.47 Å². The Hall–Kier alpha value is -3.15. The normalized spacial score (nSPS) is 13.5. The van der Waals surface area contributed by atoms with Crippen LogP contribution in [0.1, 0.15) is 27.2 Å². The third-order valence-corrected chi connectivity index (χ3v) is 5.25. The number of hydrogen-bond donors (Lipinski definition) is 0. The van der Waals surface area contributed by atoms with Crippen molar-refractivity contribution in [2.75, 3.05) is 6.54 Å². The van der Waals surface area contributed by atoms with E-state index in [-0.39, 0.29) is 17.3 Å². The molecule has 6 heteroatoms. The van der Waals surface area contributed by atoms with E-state index in [1.165, 1.54) is 16.7 Å². The molecule has 4 rings (SSSR count). The molecule has 1 amide bonds. The minimum Gasteiger partial charge on any atom is -0.354 e. The highest BCUT2D eigenvalue weighted by Crippen LogP contribution is 2.21. The Bertz CT molecular complexity index is 1080. The highest BCUT2D eigenvalue weighted by molar-refractivity contribution is 5.95. The highest BCUT2D eigenvalue weighted by atomic mass is 19.1. The van der Waals surface area contributed by atoms with Gasteiger partial charge >= 0.3 is 0 Å². The molecule has 0 saturated carbocycles. The summed E-state index contributed by atoms with van der Waals surface area (Å²) in [4.78, 5) is 27.2. The third-order valence-electron chi connectivity index (χ3n) is 5.25. The number of rotatable bonds is 2. The van der Waals surface area contributed by atoms with E-state index >= 15 is 0 Å². The molecule has 2 aromatic heterocycles. The molecule has 27 heavy (non-hydrogen) atoms.